The summed E-state index contributed by atoms with van der Waals surface area (Å²) in [5.74, 6) is 1.05. The van der Waals surface area contributed by atoms with Gasteiger partial charge in [0, 0.05) is 12.4 Å². The molecule has 4 heteroatoms. The van der Waals surface area contributed by atoms with E-state index in [9.17, 15) is 0 Å². The minimum atomic E-state index is 0.148. The van der Waals surface area contributed by atoms with Crippen LogP contribution in [0.2, 0.25) is 0 Å². The molecule has 1 aromatic carbocycles. The highest BCUT2D eigenvalue weighted by Crippen LogP contribution is 2.22. The van der Waals surface area contributed by atoms with Gasteiger partial charge in [0.05, 0.1) is 6.04 Å². The van der Waals surface area contributed by atoms with Crippen molar-refractivity contribution in [3.05, 3.63) is 47.8 Å². The Hall–Kier alpha value is -2.10. The zero-order valence-electron chi connectivity index (χ0n) is 10.0. The van der Waals surface area contributed by atoms with E-state index >= 15 is 0 Å². The molecule has 2 rings (SSSR count). The van der Waals surface area contributed by atoms with E-state index in [0.717, 1.165) is 0 Å². The lowest BCUT2D eigenvalue weighted by Crippen LogP contribution is -2.11. The molecular formula is C13H16N4. The highest BCUT2D eigenvalue weighted by atomic mass is 15.1. The van der Waals surface area contributed by atoms with E-state index in [2.05, 4.69) is 41.3 Å². The summed E-state index contributed by atoms with van der Waals surface area (Å²) in [5.41, 5.74) is 8.23. The zero-order chi connectivity index (χ0) is 12.3. The Morgan fingerprint density at radius 3 is 2.59 bits per heavy atom. The predicted octanol–water partition coefficient (Wildman–Crippen LogP) is 2.54. The van der Waals surface area contributed by atoms with Crippen LogP contribution in [0.1, 0.15) is 24.1 Å². The standard InChI is InChI=1S/C13H16N4/c1-9-5-3-4-6-11(9)10(2)17-13-12(14)15-7-8-16-13/h3-8,10H,1-2H3,(H2,14,15)(H,16,17). The number of benzene rings is 1. The Kier molecular flexibility index (Phi) is 3.23. The average molecular weight is 228 g/mol. The maximum Gasteiger partial charge on any atom is 0.169 e. The van der Waals surface area contributed by atoms with Crippen molar-refractivity contribution in [2.24, 2.45) is 0 Å². The summed E-state index contributed by atoms with van der Waals surface area (Å²) >= 11 is 0. The normalized spacial score (nSPS) is 12.1. The Balaban J connectivity index is 2.20. The van der Waals surface area contributed by atoms with Crippen LogP contribution in [-0.2, 0) is 0 Å². The van der Waals surface area contributed by atoms with Gasteiger partial charge in [-0.25, -0.2) is 9.97 Å². The Bertz CT molecular complexity index is 510. The van der Waals surface area contributed by atoms with Crippen molar-refractivity contribution in [3.63, 3.8) is 0 Å². The van der Waals surface area contributed by atoms with E-state index in [0.29, 0.717) is 11.6 Å². The van der Waals surface area contributed by atoms with E-state index in [1.54, 1.807) is 12.4 Å². The second kappa shape index (κ2) is 4.82. The molecule has 2 aromatic rings. The van der Waals surface area contributed by atoms with Crippen LogP contribution in [-0.4, -0.2) is 9.97 Å². The maximum atomic E-state index is 5.75. The van der Waals surface area contributed by atoms with Crippen LogP contribution in [0.5, 0.6) is 0 Å². The van der Waals surface area contributed by atoms with Gasteiger partial charge in [-0.2, -0.15) is 0 Å². The first kappa shape index (κ1) is 11.4. The van der Waals surface area contributed by atoms with E-state index < -0.39 is 0 Å². The van der Waals surface area contributed by atoms with Gasteiger partial charge in [-0.15, -0.1) is 0 Å². The second-order valence-electron chi connectivity index (χ2n) is 4.01. The third kappa shape index (κ3) is 2.53. The van der Waals surface area contributed by atoms with Crippen LogP contribution < -0.4 is 11.1 Å². The van der Waals surface area contributed by atoms with Gasteiger partial charge in [0.25, 0.3) is 0 Å². The van der Waals surface area contributed by atoms with Crippen LogP contribution in [0.3, 0.4) is 0 Å². The molecule has 0 saturated carbocycles. The van der Waals surface area contributed by atoms with Crippen molar-refractivity contribution >= 4 is 11.6 Å². The molecule has 1 atom stereocenters. The number of hydrogen-bond donors (Lipinski definition) is 2. The van der Waals surface area contributed by atoms with Crippen molar-refractivity contribution in [3.8, 4) is 0 Å². The molecule has 0 aliphatic rings. The van der Waals surface area contributed by atoms with Crippen LogP contribution in [0.25, 0.3) is 0 Å². The third-order valence-corrected chi connectivity index (χ3v) is 2.73. The fourth-order valence-electron chi connectivity index (χ4n) is 1.82. The van der Waals surface area contributed by atoms with Crippen LogP contribution in [0, 0.1) is 6.92 Å². The molecule has 0 amide bonds. The van der Waals surface area contributed by atoms with Gasteiger partial charge in [-0.3, -0.25) is 0 Å². The number of nitrogens with one attached hydrogen (secondary N) is 1. The number of nitrogens with two attached hydrogens (primary N) is 1. The van der Waals surface area contributed by atoms with Crippen LogP contribution in [0.15, 0.2) is 36.7 Å². The summed E-state index contributed by atoms with van der Waals surface area (Å²) in [7, 11) is 0. The first-order valence-electron chi connectivity index (χ1n) is 5.57. The molecule has 0 aliphatic heterocycles. The Morgan fingerprint density at radius 2 is 1.88 bits per heavy atom. The lowest BCUT2D eigenvalue weighted by molar-refractivity contribution is 0.863. The molecule has 0 fully saturated rings. The molecule has 1 heterocycles. The molecule has 4 nitrogen and oxygen atoms in total. The fraction of sp³-hybridized carbons (Fsp3) is 0.231. The van der Waals surface area contributed by atoms with E-state index in [-0.39, 0.29) is 6.04 Å². The average Bonchev–Trinajstić information content (AvgIpc) is 2.32. The quantitative estimate of drug-likeness (QED) is 0.847. The molecule has 0 radical (unpaired) electrons. The van der Waals surface area contributed by atoms with Crippen molar-refractivity contribution in [2.45, 2.75) is 19.9 Å². The molecule has 0 aliphatic carbocycles. The maximum absolute atomic E-state index is 5.75. The summed E-state index contributed by atoms with van der Waals surface area (Å²) in [4.78, 5) is 8.18. The molecule has 0 spiro atoms. The SMILES string of the molecule is Cc1ccccc1C(C)Nc1nccnc1N. The Labute approximate surface area is 101 Å². The minimum absolute atomic E-state index is 0.148. The van der Waals surface area contributed by atoms with Gasteiger partial charge in [0.2, 0.25) is 0 Å². The van der Waals surface area contributed by atoms with Gasteiger partial charge in [-0.05, 0) is 25.0 Å². The zero-order valence-corrected chi connectivity index (χ0v) is 10.0. The molecule has 0 saturated heterocycles. The fourth-order valence-corrected chi connectivity index (χ4v) is 1.82. The number of rotatable bonds is 3. The minimum Gasteiger partial charge on any atom is -0.381 e. The molecule has 88 valence electrons. The monoisotopic (exact) mass is 228 g/mol. The number of aryl methyl sites for hydroxylation is 1. The first-order valence-corrected chi connectivity index (χ1v) is 5.57. The van der Waals surface area contributed by atoms with Crippen molar-refractivity contribution < 1.29 is 0 Å². The van der Waals surface area contributed by atoms with Crippen LogP contribution in [0.4, 0.5) is 11.6 Å². The second-order valence-corrected chi connectivity index (χ2v) is 4.01. The van der Waals surface area contributed by atoms with E-state index in [1.165, 1.54) is 11.1 Å². The number of anilines is 2. The van der Waals surface area contributed by atoms with Crippen molar-refractivity contribution in [2.75, 3.05) is 11.1 Å². The molecule has 0 bridgehead atoms. The number of nitrogens with zero attached hydrogens (tertiary/aromatic N) is 2. The van der Waals surface area contributed by atoms with Gasteiger partial charge < -0.3 is 11.1 Å². The van der Waals surface area contributed by atoms with Crippen LogP contribution >= 0.6 is 0 Å². The first-order chi connectivity index (χ1) is 8.18. The largest absolute Gasteiger partial charge is 0.381 e. The molecule has 3 N–H and O–H groups in total. The van der Waals surface area contributed by atoms with Gasteiger partial charge in [-0.1, -0.05) is 24.3 Å². The lowest BCUT2D eigenvalue weighted by atomic mass is 10.0. The lowest BCUT2D eigenvalue weighted by Gasteiger charge is -2.17. The Morgan fingerprint density at radius 1 is 1.18 bits per heavy atom. The highest BCUT2D eigenvalue weighted by molar-refractivity contribution is 5.56. The summed E-state index contributed by atoms with van der Waals surface area (Å²) in [5, 5.41) is 3.27. The molecule has 1 unspecified atom stereocenters. The van der Waals surface area contributed by atoms with Gasteiger partial charge in [0.1, 0.15) is 0 Å². The van der Waals surface area contributed by atoms with Gasteiger partial charge in [0.15, 0.2) is 11.6 Å². The summed E-state index contributed by atoms with van der Waals surface area (Å²) in [6.07, 6.45) is 3.21. The number of nitrogen functional groups attached to an aromatic ring is 1. The number of hydrogen-bond acceptors (Lipinski definition) is 4. The topological polar surface area (TPSA) is 63.8 Å². The van der Waals surface area contributed by atoms with E-state index in [1.807, 2.05) is 12.1 Å². The molecular weight excluding hydrogens is 212 g/mol. The number of aromatic nitrogens is 2. The van der Waals surface area contributed by atoms with Gasteiger partial charge >= 0.3 is 0 Å². The smallest absolute Gasteiger partial charge is 0.169 e. The molecule has 1 aromatic heterocycles. The third-order valence-electron chi connectivity index (χ3n) is 2.73. The molecule has 17 heavy (non-hydrogen) atoms. The summed E-state index contributed by atoms with van der Waals surface area (Å²) in [6, 6.07) is 8.39. The summed E-state index contributed by atoms with van der Waals surface area (Å²) < 4.78 is 0. The highest BCUT2D eigenvalue weighted by Gasteiger charge is 2.10. The predicted molar refractivity (Wildman–Crippen MR) is 69.7 cm³/mol. The van der Waals surface area contributed by atoms with E-state index in [4.69, 9.17) is 5.73 Å². The summed E-state index contributed by atoms with van der Waals surface area (Å²) in [6.45, 7) is 4.17. The van der Waals surface area contributed by atoms with Crippen molar-refractivity contribution in [1.82, 2.24) is 9.97 Å². The van der Waals surface area contributed by atoms with Crippen molar-refractivity contribution in [1.29, 1.82) is 0 Å².